The standard InChI is InChI=1S/C22H30N4O3/c1-23-21(27)18-8-4-7-17(15-18)11-13-26-22(24-2)25-12-6-14-29-20-10-5-9-19(16-20)28-3/h4-5,7-10,15-16H,6,11-14H2,1-3H3,(H,23,27)(H2,24,25,26). The van der Waals surface area contributed by atoms with E-state index in [1.54, 1.807) is 21.2 Å². The number of hydrogen-bond donors (Lipinski definition) is 3. The number of methoxy groups -OCH3 is 1. The molecule has 2 aromatic carbocycles. The van der Waals surface area contributed by atoms with Gasteiger partial charge in [0.15, 0.2) is 5.96 Å². The van der Waals surface area contributed by atoms with E-state index in [0.29, 0.717) is 12.2 Å². The summed E-state index contributed by atoms with van der Waals surface area (Å²) in [6.07, 6.45) is 1.64. The zero-order valence-corrected chi connectivity index (χ0v) is 17.3. The van der Waals surface area contributed by atoms with Crippen LogP contribution in [0, 0.1) is 0 Å². The normalized spacial score (nSPS) is 10.9. The van der Waals surface area contributed by atoms with Crippen LogP contribution in [0.25, 0.3) is 0 Å². The van der Waals surface area contributed by atoms with Gasteiger partial charge in [0.05, 0.1) is 13.7 Å². The molecule has 0 aliphatic carbocycles. The first-order chi connectivity index (χ1) is 14.2. The summed E-state index contributed by atoms with van der Waals surface area (Å²) in [7, 11) is 5.02. The fraction of sp³-hybridized carbons (Fsp3) is 0.364. The van der Waals surface area contributed by atoms with Crippen molar-refractivity contribution in [2.45, 2.75) is 12.8 Å². The van der Waals surface area contributed by atoms with Crippen LogP contribution in [0.5, 0.6) is 11.5 Å². The van der Waals surface area contributed by atoms with Crippen molar-refractivity contribution in [3.05, 3.63) is 59.7 Å². The van der Waals surface area contributed by atoms with E-state index in [9.17, 15) is 4.79 Å². The highest BCUT2D eigenvalue weighted by molar-refractivity contribution is 5.94. The monoisotopic (exact) mass is 398 g/mol. The number of nitrogens with one attached hydrogen (secondary N) is 3. The Kier molecular flexibility index (Phi) is 9.35. The highest BCUT2D eigenvalue weighted by atomic mass is 16.5. The Bertz CT molecular complexity index is 808. The summed E-state index contributed by atoms with van der Waals surface area (Å²) in [5, 5.41) is 9.20. The van der Waals surface area contributed by atoms with Gasteiger partial charge in [-0.2, -0.15) is 0 Å². The first-order valence-corrected chi connectivity index (χ1v) is 9.68. The number of aliphatic imine (C=N–C) groups is 1. The number of ether oxygens (including phenoxy) is 2. The van der Waals surface area contributed by atoms with E-state index in [-0.39, 0.29) is 5.91 Å². The van der Waals surface area contributed by atoms with Crippen molar-refractivity contribution >= 4 is 11.9 Å². The maximum absolute atomic E-state index is 11.7. The molecule has 7 nitrogen and oxygen atoms in total. The Balaban J connectivity index is 1.66. The zero-order chi connectivity index (χ0) is 20.9. The molecule has 0 radical (unpaired) electrons. The van der Waals surface area contributed by atoms with Gasteiger partial charge in [0, 0.05) is 38.8 Å². The van der Waals surface area contributed by atoms with Crippen molar-refractivity contribution in [2.24, 2.45) is 4.99 Å². The molecule has 0 bridgehead atoms. The highest BCUT2D eigenvalue weighted by Gasteiger charge is 2.04. The minimum atomic E-state index is -0.0755. The lowest BCUT2D eigenvalue weighted by Crippen LogP contribution is -2.39. The molecule has 0 aliphatic rings. The number of guanidine groups is 1. The van der Waals surface area contributed by atoms with E-state index < -0.39 is 0 Å². The van der Waals surface area contributed by atoms with Crippen LogP contribution in [-0.2, 0) is 6.42 Å². The lowest BCUT2D eigenvalue weighted by molar-refractivity contribution is 0.0963. The van der Waals surface area contributed by atoms with Gasteiger partial charge in [0.2, 0.25) is 0 Å². The molecule has 0 saturated carbocycles. The third kappa shape index (κ3) is 7.73. The van der Waals surface area contributed by atoms with Crippen molar-refractivity contribution in [2.75, 3.05) is 40.9 Å². The second-order valence-electron chi connectivity index (χ2n) is 6.34. The average molecular weight is 399 g/mol. The van der Waals surface area contributed by atoms with Crippen LogP contribution in [0.4, 0.5) is 0 Å². The summed E-state index contributed by atoms with van der Waals surface area (Å²) >= 11 is 0. The molecule has 156 valence electrons. The molecular weight excluding hydrogens is 368 g/mol. The minimum absolute atomic E-state index is 0.0755. The van der Waals surface area contributed by atoms with Gasteiger partial charge >= 0.3 is 0 Å². The minimum Gasteiger partial charge on any atom is -0.497 e. The average Bonchev–Trinajstić information content (AvgIpc) is 2.77. The van der Waals surface area contributed by atoms with Gasteiger partial charge in [0.25, 0.3) is 5.91 Å². The van der Waals surface area contributed by atoms with E-state index >= 15 is 0 Å². The molecule has 1 amide bonds. The van der Waals surface area contributed by atoms with Gasteiger partial charge in [-0.3, -0.25) is 9.79 Å². The van der Waals surface area contributed by atoms with Crippen LogP contribution in [0.2, 0.25) is 0 Å². The molecule has 0 unspecified atom stereocenters. The number of benzene rings is 2. The smallest absolute Gasteiger partial charge is 0.251 e. The lowest BCUT2D eigenvalue weighted by Gasteiger charge is -2.13. The summed E-state index contributed by atoms with van der Waals surface area (Å²) in [6.45, 7) is 2.07. The lowest BCUT2D eigenvalue weighted by atomic mass is 10.1. The molecule has 0 aromatic heterocycles. The molecule has 0 spiro atoms. The maximum atomic E-state index is 11.7. The molecule has 0 fully saturated rings. The van der Waals surface area contributed by atoms with Crippen LogP contribution in [0.15, 0.2) is 53.5 Å². The number of amides is 1. The Morgan fingerprint density at radius 3 is 2.55 bits per heavy atom. The molecular formula is C22H30N4O3. The van der Waals surface area contributed by atoms with Crippen LogP contribution in [0.1, 0.15) is 22.3 Å². The van der Waals surface area contributed by atoms with Crippen LogP contribution in [0.3, 0.4) is 0 Å². The Morgan fingerprint density at radius 1 is 1.03 bits per heavy atom. The molecule has 2 rings (SSSR count). The van der Waals surface area contributed by atoms with Crippen molar-refractivity contribution in [1.82, 2.24) is 16.0 Å². The molecule has 0 aliphatic heterocycles. The molecule has 0 saturated heterocycles. The second kappa shape index (κ2) is 12.3. The van der Waals surface area contributed by atoms with E-state index in [1.165, 1.54) is 0 Å². The van der Waals surface area contributed by atoms with Gasteiger partial charge in [-0.25, -0.2) is 0 Å². The fourth-order valence-electron chi connectivity index (χ4n) is 2.72. The second-order valence-corrected chi connectivity index (χ2v) is 6.34. The van der Waals surface area contributed by atoms with Crippen LogP contribution >= 0.6 is 0 Å². The van der Waals surface area contributed by atoms with Gasteiger partial charge in [-0.1, -0.05) is 18.2 Å². The number of carbonyl (C=O) groups is 1. The van der Waals surface area contributed by atoms with Crippen molar-refractivity contribution < 1.29 is 14.3 Å². The molecule has 29 heavy (non-hydrogen) atoms. The van der Waals surface area contributed by atoms with E-state index in [2.05, 4.69) is 20.9 Å². The molecule has 3 N–H and O–H groups in total. The molecule has 7 heteroatoms. The van der Waals surface area contributed by atoms with Crippen molar-refractivity contribution in [3.63, 3.8) is 0 Å². The van der Waals surface area contributed by atoms with Gasteiger partial charge in [-0.15, -0.1) is 0 Å². The largest absolute Gasteiger partial charge is 0.497 e. The summed E-state index contributed by atoms with van der Waals surface area (Å²) in [4.78, 5) is 15.9. The number of carbonyl (C=O) groups excluding carboxylic acids is 1. The quantitative estimate of drug-likeness (QED) is 0.325. The van der Waals surface area contributed by atoms with Gasteiger partial charge in [-0.05, 0) is 42.7 Å². The third-order valence-corrected chi connectivity index (χ3v) is 4.27. The van der Waals surface area contributed by atoms with Crippen LogP contribution < -0.4 is 25.4 Å². The highest BCUT2D eigenvalue weighted by Crippen LogP contribution is 2.18. The van der Waals surface area contributed by atoms with Crippen molar-refractivity contribution in [3.8, 4) is 11.5 Å². The topological polar surface area (TPSA) is 84.0 Å². The summed E-state index contributed by atoms with van der Waals surface area (Å²) < 4.78 is 10.9. The Hall–Kier alpha value is -3.22. The fourth-order valence-corrected chi connectivity index (χ4v) is 2.72. The van der Waals surface area contributed by atoms with Gasteiger partial charge < -0.3 is 25.4 Å². The number of rotatable bonds is 10. The predicted molar refractivity (Wildman–Crippen MR) is 116 cm³/mol. The summed E-state index contributed by atoms with van der Waals surface area (Å²) in [6, 6.07) is 15.2. The van der Waals surface area contributed by atoms with E-state index in [4.69, 9.17) is 9.47 Å². The number of hydrogen-bond acceptors (Lipinski definition) is 4. The van der Waals surface area contributed by atoms with Crippen molar-refractivity contribution in [1.29, 1.82) is 0 Å². The molecule has 0 heterocycles. The maximum Gasteiger partial charge on any atom is 0.251 e. The van der Waals surface area contributed by atoms with Crippen LogP contribution in [-0.4, -0.2) is 52.8 Å². The zero-order valence-electron chi connectivity index (χ0n) is 17.3. The number of nitrogens with zero attached hydrogens (tertiary/aromatic N) is 1. The summed E-state index contributed by atoms with van der Waals surface area (Å²) in [5.74, 6) is 2.25. The van der Waals surface area contributed by atoms with E-state index in [1.807, 2.05) is 48.5 Å². The Morgan fingerprint density at radius 2 is 1.79 bits per heavy atom. The van der Waals surface area contributed by atoms with E-state index in [0.717, 1.165) is 49.0 Å². The molecule has 0 atom stereocenters. The summed E-state index contributed by atoms with van der Waals surface area (Å²) in [5.41, 5.74) is 1.77. The third-order valence-electron chi connectivity index (χ3n) is 4.27. The van der Waals surface area contributed by atoms with Gasteiger partial charge in [0.1, 0.15) is 11.5 Å². The molecule has 2 aromatic rings. The SMILES string of the molecule is CN=C(NCCCOc1cccc(OC)c1)NCCc1cccc(C(=O)NC)c1. The first kappa shape index (κ1) is 22.1. The first-order valence-electron chi connectivity index (χ1n) is 9.68. The predicted octanol–water partition coefficient (Wildman–Crippen LogP) is 2.23. The Labute approximate surface area is 172 Å².